The summed E-state index contributed by atoms with van der Waals surface area (Å²) in [5.41, 5.74) is 1.82. The first-order valence-corrected chi connectivity index (χ1v) is 7.24. The van der Waals surface area contributed by atoms with E-state index in [0.29, 0.717) is 16.6 Å². The van der Waals surface area contributed by atoms with E-state index in [2.05, 4.69) is 5.32 Å². The molecule has 2 aromatic carbocycles. The number of aliphatic hydroxyl groups excluding tert-OH is 1. The molecule has 2 N–H and O–H groups in total. The minimum absolute atomic E-state index is 0.0903. The second-order valence-electron chi connectivity index (χ2n) is 4.74. The number of aliphatic hydroxyl groups is 1. The molecule has 0 saturated carbocycles. The van der Waals surface area contributed by atoms with Gasteiger partial charge in [0.1, 0.15) is 0 Å². The van der Waals surface area contributed by atoms with Gasteiger partial charge in [-0.2, -0.15) is 0 Å². The summed E-state index contributed by atoms with van der Waals surface area (Å²) in [6, 6.07) is 15.0. The van der Waals surface area contributed by atoms with Crippen molar-refractivity contribution in [2.45, 2.75) is 25.6 Å². The zero-order valence-electron chi connectivity index (χ0n) is 11.2. The molecule has 0 amide bonds. The fourth-order valence-corrected chi connectivity index (χ4v) is 2.39. The van der Waals surface area contributed by atoms with Gasteiger partial charge in [-0.1, -0.05) is 65.7 Å². The quantitative estimate of drug-likeness (QED) is 0.867. The summed E-state index contributed by atoms with van der Waals surface area (Å²) in [7, 11) is 0. The maximum absolute atomic E-state index is 10.3. The predicted octanol–water partition coefficient (Wildman–Crippen LogP) is 4.21. The highest BCUT2D eigenvalue weighted by Crippen LogP contribution is 2.25. The average molecular weight is 310 g/mol. The highest BCUT2D eigenvalue weighted by Gasteiger charge is 2.16. The maximum Gasteiger partial charge on any atom is 0.0940 e. The first kappa shape index (κ1) is 15.3. The minimum Gasteiger partial charge on any atom is -0.387 e. The molecule has 0 unspecified atom stereocenters. The van der Waals surface area contributed by atoms with Crippen molar-refractivity contribution in [2.24, 2.45) is 0 Å². The third-order valence-corrected chi connectivity index (χ3v) is 4.12. The fourth-order valence-electron chi connectivity index (χ4n) is 2.01. The fraction of sp³-hybridized carbons (Fsp3) is 0.250. The van der Waals surface area contributed by atoms with Gasteiger partial charge in [0.2, 0.25) is 0 Å². The molecule has 0 radical (unpaired) electrons. The first-order chi connectivity index (χ1) is 9.59. The summed E-state index contributed by atoms with van der Waals surface area (Å²) in [4.78, 5) is 0. The molecule has 0 aliphatic rings. The van der Waals surface area contributed by atoms with Gasteiger partial charge in [0.05, 0.1) is 16.1 Å². The normalized spacial score (nSPS) is 14.0. The molecule has 106 valence electrons. The zero-order chi connectivity index (χ0) is 14.5. The van der Waals surface area contributed by atoms with Crippen molar-refractivity contribution in [2.75, 3.05) is 0 Å². The summed E-state index contributed by atoms with van der Waals surface area (Å²) >= 11 is 12.1. The van der Waals surface area contributed by atoms with Gasteiger partial charge in [-0.15, -0.1) is 0 Å². The van der Waals surface area contributed by atoms with Crippen LogP contribution in [0.3, 0.4) is 0 Å². The lowest BCUT2D eigenvalue weighted by Gasteiger charge is -2.21. The molecule has 2 aromatic rings. The van der Waals surface area contributed by atoms with E-state index in [9.17, 15) is 5.11 Å². The van der Waals surface area contributed by atoms with Gasteiger partial charge in [0, 0.05) is 12.6 Å². The van der Waals surface area contributed by atoms with Crippen molar-refractivity contribution in [1.82, 2.24) is 5.32 Å². The lowest BCUT2D eigenvalue weighted by Crippen LogP contribution is -2.31. The van der Waals surface area contributed by atoms with Crippen LogP contribution in [0, 0.1) is 0 Å². The van der Waals surface area contributed by atoms with Crippen LogP contribution in [0.2, 0.25) is 10.0 Å². The molecule has 4 heteroatoms. The highest BCUT2D eigenvalue weighted by molar-refractivity contribution is 6.42. The molecule has 0 bridgehead atoms. The summed E-state index contributed by atoms with van der Waals surface area (Å²) in [5.74, 6) is 0. The number of halogens is 2. The monoisotopic (exact) mass is 309 g/mol. The summed E-state index contributed by atoms with van der Waals surface area (Å²) in [5, 5.41) is 14.6. The lowest BCUT2D eigenvalue weighted by atomic mass is 10.0. The molecule has 2 rings (SSSR count). The van der Waals surface area contributed by atoms with Crippen molar-refractivity contribution < 1.29 is 5.11 Å². The lowest BCUT2D eigenvalue weighted by molar-refractivity contribution is 0.135. The Balaban J connectivity index is 1.98. The number of rotatable bonds is 5. The van der Waals surface area contributed by atoms with Crippen molar-refractivity contribution in [3.8, 4) is 0 Å². The Morgan fingerprint density at radius 2 is 1.75 bits per heavy atom. The van der Waals surface area contributed by atoms with Crippen molar-refractivity contribution in [3.63, 3.8) is 0 Å². The third-order valence-electron chi connectivity index (χ3n) is 3.26. The summed E-state index contributed by atoms with van der Waals surface area (Å²) in [6.07, 6.45) is -0.561. The van der Waals surface area contributed by atoms with Gasteiger partial charge < -0.3 is 10.4 Å². The van der Waals surface area contributed by atoms with Gasteiger partial charge in [-0.25, -0.2) is 0 Å². The van der Waals surface area contributed by atoms with Crippen LogP contribution >= 0.6 is 23.2 Å². The van der Waals surface area contributed by atoms with Crippen LogP contribution in [0.25, 0.3) is 0 Å². The molecule has 0 aliphatic carbocycles. The standard InChI is InChI=1S/C16H17Cl2NO/c1-11(16(20)12-6-3-2-4-7-12)19-10-13-8-5-9-14(17)15(13)18/h2-9,11,16,19-20H,10H2,1H3/t11-,16-/m0/s1. The van der Waals surface area contributed by atoms with E-state index < -0.39 is 6.10 Å². The number of benzene rings is 2. The second kappa shape index (κ2) is 7.09. The van der Waals surface area contributed by atoms with E-state index in [4.69, 9.17) is 23.2 Å². The van der Waals surface area contributed by atoms with Crippen LogP contribution in [-0.4, -0.2) is 11.1 Å². The Kier molecular flexibility index (Phi) is 5.44. The van der Waals surface area contributed by atoms with Crippen molar-refractivity contribution in [3.05, 3.63) is 69.7 Å². The summed E-state index contributed by atoms with van der Waals surface area (Å²) < 4.78 is 0. The molecular weight excluding hydrogens is 293 g/mol. The summed E-state index contributed by atoms with van der Waals surface area (Å²) in [6.45, 7) is 2.50. The molecule has 20 heavy (non-hydrogen) atoms. The SMILES string of the molecule is C[C@H](NCc1cccc(Cl)c1Cl)[C@H](O)c1ccccc1. The molecule has 0 spiro atoms. The van der Waals surface area contributed by atoms with Crippen LogP contribution in [0.1, 0.15) is 24.2 Å². The molecule has 0 aliphatic heterocycles. The van der Waals surface area contributed by atoms with Gasteiger partial charge in [0.25, 0.3) is 0 Å². The van der Waals surface area contributed by atoms with Gasteiger partial charge in [-0.3, -0.25) is 0 Å². The third kappa shape index (κ3) is 3.74. The molecule has 0 saturated heterocycles. The topological polar surface area (TPSA) is 32.3 Å². The Morgan fingerprint density at radius 1 is 1.05 bits per heavy atom. The van der Waals surface area contributed by atoms with Gasteiger partial charge in [-0.05, 0) is 24.1 Å². The van der Waals surface area contributed by atoms with E-state index >= 15 is 0 Å². The molecule has 0 fully saturated rings. The van der Waals surface area contributed by atoms with Crippen LogP contribution in [0.15, 0.2) is 48.5 Å². The van der Waals surface area contributed by atoms with E-state index in [-0.39, 0.29) is 6.04 Å². The van der Waals surface area contributed by atoms with Crippen molar-refractivity contribution >= 4 is 23.2 Å². The molecule has 2 nitrogen and oxygen atoms in total. The Hall–Kier alpha value is -1.06. The Morgan fingerprint density at radius 3 is 2.45 bits per heavy atom. The van der Waals surface area contributed by atoms with Crippen LogP contribution < -0.4 is 5.32 Å². The number of hydrogen-bond acceptors (Lipinski definition) is 2. The molecule has 2 atom stereocenters. The van der Waals surface area contributed by atoms with Crippen LogP contribution in [-0.2, 0) is 6.54 Å². The smallest absolute Gasteiger partial charge is 0.0940 e. The second-order valence-corrected chi connectivity index (χ2v) is 5.52. The molecular formula is C16H17Cl2NO. The van der Waals surface area contributed by atoms with Crippen molar-refractivity contribution in [1.29, 1.82) is 0 Å². The zero-order valence-corrected chi connectivity index (χ0v) is 12.7. The van der Waals surface area contributed by atoms with Gasteiger partial charge in [0.15, 0.2) is 0 Å². The largest absolute Gasteiger partial charge is 0.387 e. The van der Waals surface area contributed by atoms with Crippen LogP contribution in [0.4, 0.5) is 0 Å². The first-order valence-electron chi connectivity index (χ1n) is 6.49. The van der Waals surface area contributed by atoms with E-state index in [0.717, 1.165) is 11.1 Å². The maximum atomic E-state index is 10.3. The van der Waals surface area contributed by atoms with E-state index in [1.54, 1.807) is 6.07 Å². The predicted molar refractivity (Wildman–Crippen MR) is 84.2 cm³/mol. The minimum atomic E-state index is -0.561. The highest BCUT2D eigenvalue weighted by atomic mass is 35.5. The van der Waals surface area contributed by atoms with Gasteiger partial charge >= 0.3 is 0 Å². The number of nitrogens with one attached hydrogen (secondary N) is 1. The van der Waals surface area contributed by atoms with E-state index in [1.165, 1.54) is 0 Å². The molecule has 0 heterocycles. The van der Waals surface area contributed by atoms with E-state index in [1.807, 2.05) is 49.4 Å². The number of hydrogen-bond donors (Lipinski definition) is 2. The Labute approximate surface area is 129 Å². The molecule has 0 aromatic heterocycles. The Bertz CT molecular complexity index is 560. The van der Waals surface area contributed by atoms with Crippen LogP contribution in [0.5, 0.6) is 0 Å². The average Bonchev–Trinajstić information content (AvgIpc) is 2.48.